The van der Waals surface area contributed by atoms with Gasteiger partial charge in [-0.2, -0.15) is 4.98 Å². The SMILES string of the molecule is CS(=O)(=O)N(Cc1ccccc1)c1nc2oc3ccc(Cl)cc3n2c1-c1ccccc1. The summed E-state index contributed by atoms with van der Waals surface area (Å²) in [4.78, 5) is 4.62. The van der Waals surface area contributed by atoms with E-state index in [1.165, 1.54) is 10.6 Å². The molecule has 0 aliphatic heterocycles. The molecule has 0 bridgehead atoms. The Balaban J connectivity index is 1.82. The van der Waals surface area contributed by atoms with Crippen molar-refractivity contribution < 1.29 is 12.8 Å². The Morgan fingerprint density at radius 1 is 1.00 bits per heavy atom. The van der Waals surface area contributed by atoms with Gasteiger partial charge in [-0.3, -0.25) is 4.40 Å². The second kappa shape index (κ2) is 7.44. The lowest BCUT2D eigenvalue weighted by Crippen LogP contribution is -2.30. The Morgan fingerprint density at radius 2 is 1.68 bits per heavy atom. The lowest BCUT2D eigenvalue weighted by atomic mass is 10.1. The molecule has 0 spiro atoms. The van der Waals surface area contributed by atoms with Gasteiger partial charge in [0.05, 0.1) is 18.3 Å². The van der Waals surface area contributed by atoms with Crippen LogP contribution in [0.2, 0.25) is 5.02 Å². The second-order valence-corrected chi connectivity index (χ2v) is 9.58. The summed E-state index contributed by atoms with van der Waals surface area (Å²) in [5.74, 6) is 0.603. The zero-order valence-electron chi connectivity index (χ0n) is 16.6. The number of rotatable bonds is 5. The molecule has 3 aromatic carbocycles. The van der Waals surface area contributed by atoms with Gasteiger partial charge in [0.2, 0.25) is 10.0 Å². The van der Waals surface area contributed by atoms with Gasteiger partial charge in [-0.1, -0.05) is 72.3 Å². The maximum atomic E-state index is 12.9. The normalized spacial score (nSPS) is 11.9. The number of hydrogen-bond donors (Lipinski definition) is 0. The van der Waals surface area contributed by atoms with Gasteiger partial charge in [-0.05, 0) is 23.8 Å². The third-order valence-electron chi connectivity index (χ3n) is 5.04. The van der Waals surface area contributed by atoms with Gasteiger partial charge in [-0.15, -0.1) is 0 Å². The van der Waals surface area contributed by atoms with Gasteiger partial charge in [0, 0.05) is 10.6 Å². The molecule has 156 valence electrons. The van der Waals surface area contributed by atoms with Crippen LogP contribution in [0.3, 0.4) is 0 Å². The Hall–Kier alpha value is -3.29. The molecular weight excluding hydrogens is 434 g/mol. The lowest BCUT2D eigenvalue weighted by Gasteiger charge is -2.21. The van der Waals surface area contributed by atoms with Crippen molar-refractivity contribution in [1.29, 1.82) is 0 Å². The average molecular weight is 452 g/mol. The summed E-state index contributed by atoms with van der Waals surface area (Å²) in [5, 5.41) is 0.550. The van der Waals surface area contributed by atoms with E-state index in [0.29, 0.717) is 33.5 Å². The smallest absolute Gasteiger partial charge is 0.309 e. The molecule has 0 atom stereocenters. The highest BCUT2D eigenvalue weighted by Crippen LogP contribution is 2.37. The maximum Gasteiger partial charge on any atom is 0.309 e. The lowest BCUT2D eigenvalue weighted by molar-refractivity contribution is 0.595. The third-order valence-corrected chi connectivity index (χ3v) is 6.38. The molecule has 0 radical (unpaired) electrons. The molecule has 0 aliphatic rings. The van der Waals surface area contributed by atoms with Crippen LogP contribution in [0.5, 0.6) is 0 Å². The summed E-state index contributed by atoms with van der Waals surface area (Å²) >= 11 is 6.24. The molecule has 0 aliphatic carbocycles. The van der Waals surface area contributed by atoms with Crippen molar-refractivity contribution in [2.75, 3.05) is 10.6 Å². The van der Waals surface area contributed by atoms with Crippen LogP contribution in [-0.2, 0) is 16.6 Å². The van der Waals surface area contributed by atoms with Crippen LogP contribution < -0.4 is 4.31 Å². The highest BCUT2D eigenvalue weighted by atomic mass is 35.5. The number of hydrogen-bond acceptors (Lipinski definition) is 4. The number of fused-ring (bicyclic) bond motifs is 3. The fourth-order valence-electron chi connectivity index (χ4n) is 3.66. The van der Waals surface area contributed by atoms with Crippen molar-refractivity contribution in [3.8, 4) is 11.3 Å². The first kappa shape index (κ1) is 19.7. The van der Waals surface area contributed by atoms with Crippen LogP contribution in [0, 0.1) is 0 Å². The van der Waals surface area contributed by atoms with E-state index in [1.807, 2.05) is 65.1 Å². The van der Waals surface area contributed by atoms with Crippen LogP contribution in [0.4, 0.5) is 5.82 Å². The number of nitrogens with zero attached hydrogens (tertiary/aromatic N) is 3. The van der Waals surface area contributed by atoms with Crippen LogP contribution in [0.1, 0.15) is 5.56 Å². The largest absolute Gasteiger partial charge is 0.423 e. The number of aromatic nitrogens is 2. The molecule has 6 nitrogen and oxygen atoms in total. The molecule has 0 N–H and O–H groups in total. The zero-order chi connectivity index (χ0) is 21.6. The minimum atomic E-state index is -3.64. The first-order chi connectivity index (χ1) is 14.9. The molecule has 2 heterocycles. The minimum Gasteiger partial charge on any atom is -0.423 e. The first-order valence-corrected chi connectivity index (χ1v) is 11.8. The fourth-order valence-corrected chi connectivity index (χ4v) is 4.65. The van der Waals surface area contributed by atoms with E-state index >= 15 is 0 Å². The maximum absolute atomic E-state index is 12.9. The van der Waals surface area contributed by atoms with Gasteiger partial charge in [-0.25, -0.2) is 12.7 Å². The van der Waals surface area contributed by atoms with Crippen LogP contribution in [0.25, 0.3) is 28.2 Å². The summed E-state index contributed by atoms with van der Waals surface area (Å²) in [6, 6.07) is 24.3. The summed E-state index contributed by atoms with van der Waals surface area (Å²) in [7, 11) is -3.64. The molecule has 0 amide bonds. The van der Waals surface area contributed by atoms with Gasteiger partial charge in [0.15, 0.2) is 11.4 Å². The van der Waals surface area contributed by atoms with Crippen LogP contribution in [-0.4, -0.2) is 24.1 Å². The second-order valence-electron chi connectivity index (χ2n) is 7.24. The van der Waals surface area contributed by atoms with Crippen molar-refractivity contribution in [3.63, 3.8) is 0 Å². The Labute approximate surface area is 184 Å². The molecule has 2 aromatic heterocycles. The van der Waals surface area contributed by atoms with Crippen molar-refractivity contribution in [2.45, 2.75) is 6.54 Å². The number of anilines is 1. The quantitative estimate of drug-likeness (QED) is 0.360. The summed E-state index contributed by atoms with van der Waals surface area (Å²) < 4.78 is 34.8. The topological polar surface area (TPSA) is 67.8 Å². The number of imidazole rings is 1. The monoisotopic (exact) mass is 451 g/mol. The highest BCUT2D eigenvalue weighted by Gasteiger charge is 2.28. The number of oxazole rings is 1. The van der Waals surface area contributed by atoms with Crippen LogP contribution in [0.15, 0.2) is 83.3 Å². The van der Waals surface area contributed by atoms with E-state index in [0.717, 1.165) is 11.1 Å². The van der Waals surface area contributed by atoms with Gasteiger partial charge in [0.1, 0.15) is 5.69 Å². The van der Waals surface area contributed by atoms with Crippen molar-refractivity contribution in [1.82, 2.24) is 9.38 Å². The molecule has 5 aromatic rings. The number of sulfonamides is 1. The van der Waals surface area contributed by atoms with E-state index in [-0.39, 0.29) is 6.54 Å². The molecule has 0 saturated carbocycles. The van der Waals surface area contributed by atoms with E-state index in [2.05, 4.69) is 4.98 Å². The molecule has 31 heavy (non-hydrogen) atoms. The van der Waals surface area contributed by atoms with E-state index in [4.69, 9.17) is 16.0 Å². The van der Waals surface area contributed by atoms with Gasteiger partial charge in [0.25, 0.3) is 0 Å². The van der Waals surface area contributed by atoms with E-state index in [9.17, 15) is 8.42 Å². The third kappa shape index (κ3) is 3.56. The summed E-state index contributed by atoms with van der Waals surface area (Å²) in [6.45, 7) is 0.151. The summed E-state index contributed by atoms with van der Waals surface area (Å²) in [5.41, 5.74) is 3.62. The van der Waals surface area contributed by atoms with Gasteiger partial charge < -0.3 is 4.42 Å². The Kier molecular flexibility index (Phi) is 4.72. The van der Waals surface area contributed by atoms with Crippen molar-refractivity contribution >= 4 is 44.4 Å². The predicted molar refractivity (Wildman–Crippen MR) is 123 cm³/mol. The number of benzene rings is 3. The molecule has 5 rings (SSSR count). The molecule has 0 saturated heterocycles. The highest BCUT2D eigenvalue weighted by molar-refractivity contribution is 7.92. The minimum absolute atomic E-state index is 0.151. The summed E-state index contributed by atoms with van der Waals surface area (Å²) in [6.07, 6.45) is 1.18. The Morgan fingerprint density at radius 3 is 2.35 bits per heavy atom. The standard InChI is InChI=1S/C23H18ClN3O3S/c1-31(28,29)26(15-16-8-4-2-5-9-16)22-21(17-10-6-3-7-11-17)27-19-14-18(24)12-13-20(19)30-23(27)25-22/h2-14H,15H2,1H3. The molecule has 0 fully saturated rings. The fraction of sp³-hybridized carbons (Fsp3) is 0.0870. The van der Waals surface area contributed by atoms with E-state index in [1.54, 1.807) is 18.2 Å². The zero-order valence-corrected chi connectivity index (χ0v) is 18.1. The van der Waals surface area contributed by atoms with Crippen LogP contribution >= 0.6 is 11.6 Å². The van der Waals surface area contributed by atoms with Crippen molar-refractivity contribution in [3.05, 3.63) is 89.4 Å². The first-order valence-electron chi connectivity index (χ1n) is 9.59. The molecule has 0 unspecified atom stereocenters. The average Bonchev–Trinajstić information content (AvgIpc) is 3.28. The number of halogens is 1. The van der Waals surface area contributed by atoms with E-state index < -0.39 is 10.0 Å². The Bertz CT molecular complexity index is 1490. The predicted octanol–water partition coefficient (Wildman–Crippen LogP) is 5.37. The van der Waals surface area contributed by atoms with Crippen molar-refractivity contribution in [2.24, 2.45) is 0 Å². The molecule has 8 heteroatoms. The molecular formula is C23H18ClN3O3S. The van der Waals surface area contributed by atoms with Gasteiger partial charge >= 0.3 is 5.84 Å².